The van der Waals surface area contributed by atoms with E-state index < -0.39 is 0 Å². The van der Waals surface area contributed by atoms with E-state index in [1.807, 2.05) is 30.5 Å². The first-order valence-corrected chi connectivity index (χ1v) is 10.1. The van der Waals surface area contributed by atoms with Gasteiger partial charge in [0.25, 0.3) is 0 Å². The van der Waals surface area contributed by atoms with Crippen LogP contribution in [0.25, 0.3) is 5.00 Å². The van der Waals surface area contributed by atoms with E-state index >= 15 is 0 Å². The van der Waals surface area contributed by atoms with Crippen molar-refractivity contribution in [3.8, 4) is 5.00 Å². The molecule has 0 fully saturated rings. The highest BCUT2D eigenvalue weighted by atomic mass is 32.1. The van der Waals surface area contributed by atoms with Crippen LogP contribution in [0, 0.1) is 6.92 Å². The summed E-state index contributed by atoms with van der Waals surface area (Å²) in [5.74, 6) is 1.82. The Hall–Kier alpha value is -2.34. The molecule has 3 aromatic rings. The SMILES string of the molecule is CCCCCCc1cc2c(s1)-n1c(C)nnc1CN=C2c1cccnc1. The number of fused-ring (bicyclic) bond motifs is 3. The Bertz CT molecular complexity index is 923. The van der Waals surface area contributed by atoms with E-state index in [4.69, 9.17) is 4.99 Å². The summed E-state index contributed by atoms with van der Waals surface area (Å²) in [5.41, 5.74) is 3.24. The standard InChI is InChI=1S/C20H23N5S/c1-3-4-5-6-9-16-11-17-19(15-8-7-10-21-12-15)22-13-18-24-23-14(2)25(18)20(17)26-16/h7-8,10-12H,3-6,9,13H2,1-2H3. The Morgan fingerprint density at radius 3 is 2.92 bits per heavy atom. The first-order valence-electron chi connectivity index (χ1n) is 9.27. The van der Waals surface area contributed by atoms with Gasteiger partial charge in [-0.25, -0.2) is 0 Å². The summed E-state index contributed by atoms with van der Waals surface area (Å²) in [7, 11) is 0. The van der Waals surface area contributed by atoms with Crippen LogP contribution in [0.15, 0.2) is 35.6 Å². The van der Waals surface area contributed by atoms with E-state index in [1.54, 1.807) is 6.20 Å². The summed E-state index contributed by atoms with van der Waals surface area (Å²) in [4.78, 5) is 10.6. The second-order valence-corrected chi connectivity index (χ2v) is 7.76. The van der Waals surface area contributed by atoms with Crippen LogP contribution in [0.2, 0.25) is 0 Å². The number of aromatic nitrogens is 4. The number of hydrogen-bond acceptors (Lipinski definition) is 5. The second kappa shape index (κ2) is 7.50. The largest absolute Gasteiger partial charge is 0.276 e. The van der Waals surface area contributed by atoms with Crippen molar-refractivity contribution in [3.05, 3.63) is 58.2 Å². The predicted octanol–water partition coefficient (Wildman–Crippen LogP) is 4.51. The summed E-state index contributed by atoms with van der Waals surface area (Å²) >= 11 is 1.85. The third kappa shape index (κ3) is 3.21. The molecule has 5 nitrogen and oxygen atoms in total. The lowest BCUT2D eigenvalue weighted by atomic mass is 10.0. The molecule has 0 saturated carbocycles. The maximum atomic E-state index is 4.87. The molecule has 0 aliphatic carbocycles. The number of nitrogens with zero attached hydrogens (tertiary/aromatic N) is 5. The highest BCUT2D eigenvalue weighted by molar-refractivity contribution is 7.15. The molecular formula is C20H23N5S. The first kappa shape index (κ1) is 17.1. The molecule has 0 atom stereocenters. The highest BCUT2D eigenvalue weighted by Crippen LogP contribution is 2.33. The van der Waals surface area contributed by atoms with Gasteiger partial charge in [-0.05, 0) is 38.0 Å². The molecule has 6 heteroatoms. The molecule has 0 saturated heterocycles. The number of unbranched alkanes of at least 4 members (excludes halogenated alkanes) is 3. The molecule has 26 heavy (non-hydrogen) atoms. The minimum absolute atomic E-state index is 0.540. The van der Waals surface area contributed by atoms with Gasteiger partial charge in [0.15, 0.2) is 5.82 Å². The molecule has 0 bridgehead atoms. The zero-order valence-corrected chi connectivity index (χ0v) is 16.1. The highest BCUT2D eigenvalue weighted by Gasteiger charge is 2.24. The molecule has 3 aromatic heterocycles. The number of aryl methyl sites for hydroxylation is 2. The quantitative estimate of drug-likeness (QED) is 0.604. The van der Waals surface area contributed by atoms with Gasteiger partial charge in [-0.2, -0.15) is 0 Å². The summed E-state index contributed by atoms with van der Waals surface area (Å²) in [6.45, 7) is 4.80. The number of aliphatic imine (C=N–C) groups is 1. The molecule has 0 aromatic carbocycles. The summed E-state index contributed by atoms with van der Waals surface area (Å²) in [5, 5.41) is 9.79. The van der Waals surface area contributed by atoms with E-state index in [0.29, 0.717) is 6.54 Å². The van der Waals surface area contributed by atoms with Crippen LogP contribution < -0.4 is 0 Å². The Morgan fingerprint density at radius 2 is 2.12 bits per heavy atom. The molecule has 4 rings (SSSR count). The Balaban J connectivity index is 1.75. The van der Waals surface area contributed by atoms with Gasteiger partial charge in [-0.15, -0.1) is 21.5 Å². The van der Waals surface area contributed by atoms with Gasteiger partial charge >= 0.3 is 0 Å². The van der Waals surface area contributed by atoms with Crippen LogP contribution >= 0.6 is 11.3 Å². The summed E-state index contributed by atoms with van der Waals surface area (Å²) in [6, 6.07) is 6.35. The molecule has 0 N–H and O–H groups in total. The Kier molecular flexibility index (Phi) is 4.93. The second-order valence-electron chi connectivity index (χ2n) is 6.65. The molecule has 134 valence electrons. The van der Waals surface area contributed by atoms with Crippen molar-refractivity contribution < 1.29 is 0 Å². The average molecular weight is 366 g/mol. The number of hydrogen-bond donors (Lipinski definition) is 0. The fraction of sp³-hybridized carbons (Fsp3) is 0.400. The predicted molar refractivity (Wildman–Crippen MR) is 105 cm³/mol. The maximum absolute atomic E-state index is 4.87. The van der Waals surface area contributed by atoms with Crippen molar-refractivity contribution in [1.29, 1.82) is 0 Å². The van der Waals surface area contributed by atoms with E-state index in [0.717, 1.165) is 29.3 Å². The van der Waals surface area contributed by atoms with E-state index in [-0.39, 0.29) is 0 Å². The molecule has 0 amide bonds. The smallest absolute Gasteiger partial charge is 0.160 e. The van der Waals surface area contributed by atoms with Gasteiger partial charge in [-0.3, -0.25) is 14.5 Å². The topological polar surface area (TPSA) is 56.0 Å². The van der Waals surface area contributed by atoms with Gasteiger partial charge in [0, 0.05) is 28.4 Å². The van der Waals surface area contributed by atoms with E-state index in [9.17, 15) is 0 Å². The Labute approximate surface area is 157 Å². The zero-order chi connectivity index (χ0) is 17.9. The Morgan fingerprint density at radius 1 is 1.19 bits per heavy atom. The summed E-state index contributed by atoms with van der Waals surface area (Å²) in [6.07, 6.45) is 9.91. The van der Waals surface area contributed by atoms with Gasteiger partial charge in [0.2, 0.25) is 0 Å². The molecular weight excluding hydrogens is 342 g/mol. The monoisotopic (exact) mass is 365 g/mol. The van der Waals surface area contributed by atoms with Crippen LogP contribution in [0.5, 0.6) is 0 Å². The lowest BCUT2D eigenvalue weighted by Gasteiger charge is -2.06. The number of pyridine rings is 1. The third-order valence-electron chi connectivity index (χ3n) is 4.70. The summed E-state index contributed by atoms with van der Waals surface area (Å²) < 4.78 is 2.17. The fourth-order valence-electron chi connectivity index (χ4n) is 3.37. The molecule has 4 heterocycles. The van der Waals surface area contributed by atoms with Crippen LogP contribution in [-0.2, 0) is 13.0 Å². The number of rotatable bonds is 6. The van der Waals surface area contributed by atoms with E-state index in [2.05, 4.69) is 38.8 Å². The van der Waals surface area contributed by atoms with Gasteiger partial charge < -0.3 is 0 Å². The first-order chi connectivity index (χ1) is 12.8. The van der Waals surface area contributed by atoms with Crippen LogP contribution in [-0.4, -0.2) is 25.5 Å². The maximum Gasteiger partial charge on any atom is 0.160 e. The minimum Gasteiger partial charge on any atom is -0.276 e. The number of thiophene rings is 1. The van der Waals surface area contributed by atoms with Crippen molar-refractivity contribution in [2.24, 2.45) is 4.99 Å². The van der Waals surface area contributed by atoms with Crippen molar-refractivity contribution in [2.45, 2.75) is 52.5 Å². The van der Waals surface area contributed by atoms with E-state index in [1.165, 1.54) is 41.1 Å². The molecule has 0 radical (unpaired) electrons. The molecule has 1 aliphatic heterocycles. The van der Waals surface area contributed by atoms with Gasteiger partial charge in [-0.1, -0.05) is 26.2 Å². The van der Waals surface area contributed by atoms with Crippen LogP contribution in [0.4, 0.5) is 0 Å². The minimum atomic E-state index is 0.540. The van der Waals surface area contributed by atoms with Crippen molar-refractivity contribution in [1.82, 2.24) is 19.7 Å². The molecule has 1 aliphatic rings. The fourth-order valence-corrected chi connectivity index (χ4v) is 4.64. The molecule has 0 unspecified atom stereocenters. The van der Waals surface area contributed by atoms with Gasteiger partial charge in [0.05, 0.1) is 5.71 Å². The lowest BCUT2D eigenvalue weighted by Crippen LogP contribution is -2.05. The zero-order valence-electron chi connectivity index (χ0n) is 15.3. The normalized spacial score (nSPS) is 13.1. The van der Waals surface area contributed by atoms with Crippen LogP contribution in [0.3, 0.4) is 0 Å². The lowest BCUT2D eigenvalue weighted by molar-refractivity contribution is 0.670. The van der Waals surface area contributed by atoms with Crippen molar-refractivity contribution in [3.63, 3.8) is 0 Å². The van der Waals surface area contributed by atoms with Gasteiger partial charge in [0.1, 0.15) is 17.4 Å². The van der Waals surface area contributed by atoms with Crippen LogP contribution in [0.1, 0.15) is 60.3 Å². The third-order valence-corrected chi connectivity index (χ3v) is 5.88. The van der Waals surface area contributed by atoms with Crippen molar-refractivity contribution >= 4 is 17.0 Å². The molecule has 0 spiro atoms. The average Bonchev–Trinajstić information content (AvgIpc) is 3.19. The van der Waals surface area contributed by atoms with Crippen molar-refractivity contribution in [2.75, 3.05) is 0 Å².